The highest BCUT2D eigenvalue weighted by Gasteiger charge is 2.22. The van der Waals surface area contributed by atoms with Crippen LogP contribution in [-0.4, -0.2) is 47.8 Å². The molecule has 1 rings (SSSR count). The Labute approximate surface area is 100 Å². The second-order valence-electron chi connectivity index (χ2n) is 5.60. The maximum absolute atomic E-state index is 9.79. The van der Waals surface area contributed by atoms with Gasteiger partial charge in [-0.15, -0.1) is 0 Å². The molecule has 0 spiro atoms. The van der Waals surface area contributed by atoms with E-state index in [9.17, 15) is 5.11 Å². The number of hydrogen-bond acceptors (Lipinski definition) is 3. The molecule has 0 radical (unpaired) electrons. The van der Waals surface area contributed by atoms with Gasteiger partial charge in [0.05, 0.1) is 5.60 Å². The first kappa shape index (κ1) is 13.9. The van der Waals surface area contributed by atoms with Crippen LogP contribution in [0, 0.1) is 0 Å². The fourth-order valence-corrected chi connectivity index (χ4v) is 2.33. The lowest BCUT2D eigenvalue weighted by Gasteiger charge is -2.35. The maximum atomic E-state index is 9.79. The summed E-state index contributed by atoms with van der Waals surface area (Å²) in [6.07, 6.45) is 4.65. The zero-order valence-electron chi connectivity index (χ0n) is 11.1. The van der Waals surface area contributed by atoms with E-state index >= 15 is 0 Å². The summed E-state index contributed by atoms with van der Waals surface area (Å²) in [5, 5.41) is 13.3. The van der Waals surface area contributed by atoms with Crippen molar-refractivity contribution in [1.29, 1.82) is 0 Å². The van der Waals surface area contributed by atoms with Crippen LogP contribution in [-0.2, 0) is 0 Å². The summed E-state index contributed by atoms with van der Waals surface area (Å²) in [7, 11) is 0. The van der Waals surface area contributed by atoms with Crippen molar-refractivity contribution in [3.8, 4) is 0 Å². The molecule has 0 aromatic heterocycles. The average Bonchev–Trinajstić information content (AvgIpc) is 2.24. The van der Waals surface area contributed by atoms with E-state index < -0.39 is 5.60 Å². The van der Waals surface area contributed by atoms with E-state index in [0.717, 1.165) is 26.1 Å². The van der Waals surface area contributed by atoms with Crippen LogP contribution in [0.3, 0.4) is 0 Å². The highest BCUT2D eigenvalue weighted by Crippen LogP contribution is 2.15. The van der Waals surface area contributed by atoms with Crippen molar-refractivity contribution in [2.45, 2.75) is 58.1 Å². The zero-order valence-corrected chi connectivity index (χ0v) is 11.1. The van der Waals surface area contributed by atoms with Crippen molar-refractivity contribution in [1.82, 2.24) is 10.2 Å². The first-order chi connectivity index (χ1) is 7.53. The Hall–Kier alpha value is -0.120. The third kappa shape index (κ3) is 5.28. The third-order valence-corrected chi connectivity index (χ3v) is 3.31. The molecule has 1 heterocycles. The number of nitrogens with zero attached hydrogens (tertiary/aromatic N) is 1. The Morgan fingerprint density at radius 1 is 1.38 bits per heavy atom. The van der Waals surface area contributed by atoms with Gasteiger partial charge in [-0.25, -0.2) is 0 Å². The van der Waals surface area contributed by atoms with Crippen molar-refractivity contribution >= 4 is 0 Å². The molecular weight excluding hydrogens is 200 g/mol. The summed E-state index contributed by atoms with van der Waals surface area (Å²) in [4.78, 5) is 2.55. The second kappa shape index (κ2) is 6.58. The average molecular weight is 228 g/mol. The molecule has 96 valence electrons. The molecule has 0 aliphatic carbocycles. The molecule has 3 nitrogen and oxygen atoms in total. The van der Waals surface area contributed by atoms with E-state index in [2.05, 4.69) is 17.1 Å². The summed E-state index contributed by atoms with van der Waals surface area (Å²) in [5.74, 6) is 0. The summed E-state index contributed by atoms with van der Waals surface area (Å²) < 4.78 is 0. The standard InChI is InChI=1S/C13H28N2O/c1-4-9-15(10-7-13(2,3)16)12-6-5-8-14-11-12/h12,14,16H,4-11H2,1-3H3. The lowest BCUT2D eigenvalue weighted by Crippen LogP contribution is -2.47. The minimum atomic E-state index is -0.534. The van der Waals surface area contributed by atoms with Crippen LogP contribution in [0.2, 0.25) is 0 Å². The molecule has 0 bridgehead atoms. The first-order valence-corrected chi connectivity index (χ1v) is 6.70. The topological polar surface area (TPSA) is 35.5 Å². The van der Waals surface area contributed by atoms with Crippen molar-refractivity contribution in [3.63, 3.8) is 0 Å². The summed E-state index contributed by atoms with van der Waals surface area (Å²) in [5.41, 5.74) is -0.534. The molecule has 1 unspecified atom stereocenters. The highest BCUT2D eigenvalue weighted by atomic mass is 16.3. The molecule has 0 saturated carbocycles. The van der Waals surface area contributed by atoms with Crippen LogP contribution >= 0.6 is 0 Å². The number of hydrogen-bond donors (Lipinski definition) is 2. The zero-order chi connectivity index (χ0) is 12.0. The molecule has 1 fully saturated rings. The largest absolute Gasteiger partial charge is 0.390 e. The van der Waals surface area contributed by atoms with Gasteiger partial charge in [-0.05, 0) is 52.6 Å². The van der Waals surface area contributed by atoms with E-state index in [1.165, 1.54) is 25.8 Å². The van der Waals surface area contributed by atoms with Crippen molar-refractivity contribution < 1.29 is 5.11 Å². The number of aliphatic hydroxyl groups is 1. The number of piperidine rings is 1. The maximum Gasteiger partial charge on any atom is 0.0603 e. The normalized spacial score (nSPS) is 22.7. The van der Waals surface area contributed by atoms with Crippen LogP contribution in [0.1, 0.15) is 46.5 Å². The SMILES string of the molecule is CCCN(CCC(C)(C)O)C1CCCNC1. The summed E-state index contributed by atoms with van der Waals surface area (Å²) >= 11 is 0. The Balaban J connectivity index is 2.39. The van der Waals surface area contributed by atoms with Gasteiger partial charge < -0.3 is 10.4 Å². The predicted octanol–water partition coefficient (Wildman–Crippen LogP) is 1.61. The summed E-state index contributed by atoms with van der Waals surface area (Å²) in [6, 6.07) is 0.677. The van der Waals surface area contributed by atoms with Gasteiger partial charge in [0.25, 0.3) is 0 Å². The fraction of sp³-hybridized carbons (Fsp3) is 1.00. The molecule has 1 aliphatic heterocycles. The van der Waals surface area contributed by atoms with E-state index in [-0.39, 0.29) is 0 Å². The molecule has 2 N–H and O–H groups in total. The van der Waals surface area contributed by atoms with E-state index in [1.54, 1.807) is 0 Å². The molecule has 1 atom stereocenters. The van der Waals surface area contributed by atoms with Gasteiger partial charge in [0.2, 0.25) is 0 Å². The van der Waals surface area contributed by atoms with Gasteiger partial charge in [0, 0.05) is 19.1 Å². The minimum Gasteiger partial charge on any atom is -0.390 e. The third-order valence-electron chi connectivity index (χ3n) is 3.31. The van der Waals surface area contributed by atoms with Gasteiger partial charge in [0.1, 0.15) is 0 Å². The van der Waals surface area contributed by atoms with Crippen LogP contribution < -0.4 is 5.32 Å². The lowest BCUT2D eigenvalue weighted by molar-refractivity contribution is 0.0479. The Bertz CT molecular complexity index is 183. The highest BCUT2D eigenvalue weighted by molar-refractivity contribution is 4.80. The van der Waals surface area contributed by atoms with Gasteiger partial charge in [-0.1, -0.05) is 6.92 Å². The monoisotopic (exact) mass is 228 g/mol. The van der Waals surface area contributed by atoms with E-state index in [0.29, 0.717) is 6.04 Å². The molecular formula is C13H28N2O. The van der Waals surface area contributed by atoms with Gasteiger partial charge >= 0.3 is 0 Å². The van der Waals surface area contributed by atoms with Crippen LogP contribution in [0.5, 0.6) is 0 Å². The second-order valence-corrected chi connectivity index (χ2v) is 5.60. The number of rotatable bonds is 6. The van der Waals surface area contributed by atoms with Crippen LogP contribution in [0.4, 0.5) is 0 Å². The molecule has 0 amide bonds. The van der Waals surface area contributed by atoms with Crippen molar-refractivity contribution in [2.24, 2.45) is 0 Å². The van der Waals surface area contributed by atoms with Crippen molar-refractivity contribution in [3.05, 3.63) is 0 Å². The number of nitrogens with one attached hydrogen (secondary N) is 1. The lowest BCUT2D eigenvalue weighted by atomic mass is 10.0. The quantitative estimate of drug-likeness (QED) is 0.725. The summed E-state index contributed by atoms with van der Waals surface area (Å²) in [6.45, 7) is 10.5. The molecule has 0 aromatic rings. The van der Waals surface area contributed by atoms with Crippen LogP contribution in [0.25, 0.3) is 0 Å². The van der Waals surface area contributed by atoms with Gasteiger partial charge in [-0.2, -0.15) is 0 Å². The molecule has 16 heavy (non-hydrogen) atoms. The predicted molar refractivity (Wildman–Crippen MR) is 68.7 cm³/mol. The van der Waals surface area contributed by atoms with Gasteiger partial charge in [-0.3, -0.25) is 4.90 Å². The van der Waals surface area contributed by atoms with E-state index in [1.807, 2.05) is 13.8 Å². The van der Waals surface area contributed by atoms with E-state index in [4.69, 9.17) is 0 Å². The smallest absolute Gasteiger partial charge is 0.0603 e. The van der Waals surface area contributed by atoms with Crippen LogP contribution in [0.15, 0.2) is 0 Å². The Morgan fingerprint density at radius 3 is 2.62 bits per heavy atom. The molecule has 3 heteroatoms. The minimum absolute atomic E-state index is 0.534. The molecule has 0 aromatic carbocycles. The molecule has 1 aliphatic rings. The fourth-order valence-electron chi connectivity index (χ4n) is 2.33. The Kier molecular flexibility index (Phi) is 5.73. The Morgan fingerprint density at radius 2 is 2.12 bits per heavy atom. The van der Waals surface area contributed by atoms with Gasteiger partial charge in [0.15, 0.2) is 0 Å². The first-order valence-electron chi connectivity index (χ1n) is 6.70. The van der Waals surface area contributed by atoms with Crippen molar-refractivity contribution in [2.75, 3.05) is 26.2 Å². The molecule has 1 saturated heterocycles.